The second-order valence-corrected chi connectivity index (χ2v) is 13.8. The fraction of sp³-hybridized carbons (Fsp3) is 0.513. The molecule has 0 saturated carbocycles. The summed E-state index contributed by atoms with van der Waals surface area (Å²) < 4.78 is 5.26. The number of urea groups is 1. The number of esters is 1. The molecule has 16 heteroatoms. The zero-order valence-electron chi connectivity index (χ0n) is 32.4. The van der Waals surface area contributed by atoms with Gasteiger partial charge in [0.25, 0.3) is 0 Å². The van der Waals surface area contributed by atoms with Crippen LogP contribution in [0.25, 0.3) is 0 Å². The number of nitrogens with zero attached hydrogens (tertiary/aromatic N) is 3. The minimum atomic E-state index is -0.840. The van der Waals surface area contributed by atoms with E-state index < -0.39 is 36.0 Å². The average molecular weight is 768 g/mol. The highest BCUT2D eigenvalue weighted by Crippen LogP contribution is 2.23. The number of nitrogens with one attached hydrogen (secondary N) is 3. The Morgan fingerprint density at radius 2 is 1.65 bits per heavy atom. The summed E-state index contributed by atoms with van der Waals surface area (Å²) in [5, 5.41) is 17.0. The third kappa shape index (κ3) is 16.2. The number of rotatable bonds is 14. The maximum Gasteiger partial charge on any atom is 0.328 e. The summed E-state index contributed by atoms with van der Waals surface area (Å²) in [6.45, 7) is 8.00. The number of ether oxygens (including phenoxy) is 1. The second kappa shape index (κ2) is 24.0. The lowest BCUT2D eigenvalue weighted by Gasteiger charge is -2.32. The van der Waals surface area contributed by atoms with Gasteiger partial charge < -0.3 is 46.2 Å². The first kappa shape index (κ1) is 45.6. The number of aryl methyl sites for hydroxylation is 1. The van der Waals surface area contributed by atoms with Gasteiger partial charge in [0.2, 0.25) is 30.0 Å². The monoisotopic (exact) mass is 767 g/mol. The largest absolute Gasteiger partial charge is 0.464 e. The molecule has 55 heavy (non-hydrogen) atoms. The summed E-state index contributed by atoms with van der Waals surface area (Å²) in [4.78, 5) is 87.6. The van der Waals surface area contributed by atoms with Gasteiger partial charge in [0, 0.05) is 38.5 Å². The van der Waals surface area contributed by atoms with Crippen molar-refractivity contribution < 1.29 is 43.4 Å². The SMILES string of the molecule is CC(C)NC(=O)C(CCO)N(C)C(=O)C1CCCN1C(=O)CCOC(=O)C1C[C@@H](C)CN1C=O.Cc1ccccc1.NC(=O)CNC(=O)Nc1ccccc1. The van der Waals surface area contributed by atoms with Gasteiger partial charge in [0.1, 0.15) is 24.7 Å². The van der Waals surface area contributed by atoms with E-state index in [1.807, 2.05) is 45.0 Å². The number of hydrogen-bond donors (Lipinski definition) is 5. The normalized spacial score (nSPS) is 17.7. The molecule has 2 aliphatic heterocycles. The van der Waals surface area contributed by atoms with Gasteiger partial charge in [-0.05, 0) is 64.5 Å². The Balaban J connectivity index is 0.000000402. The van der Waals surface area contributed by atoms with Crippen molar-refractivity contribution >= 4 is 47.7 Å². The van der Waals surface area contributed by atoms with E-state index in [4.69, 9.17) is 10.5 Å². The van der Waals surface area contributed by atoms with Crippen molar-refractivity contribution in [3.8, 4) is 0 Å². The Morgan fingerprint density at radius 1 is 1.02 bits per heavy atom. The third-order valence-corrected chi connectivity index (χ3v) is 8.72. The maximum absolute atomic E-state index is 13.2. The van der Waals surface area contributed by atoms with Crippen LogP contribution in [0.4, 0.5) is 10.5 Å². The number of likely N-dealkylation sites (N-methyl/N-ethyl adjacent to an activating group) is 1. The number of aliphatic hydroxyl groups is 1. The number of primary amides is 1. The molecule has 2 aliphatic rings. The first-order chi connectivity index (χ1) is 26.2. The third-order valence-electron chi connectivity index (χ3n) is 8.72. The molecule has 302 valence electrons. The van der Waals surface area contributed by atoms with Crippen LogP contribution in [-0.2, 0) is 33.5 Å². The summed E-state index contributed by atoms with van der Waals surface area (Å²) in [5.74, 6) is -1.92. The molecule has 3 unspecified atom stereocenters. The van der Waals surface area contributed by atoms with Gasteiger partial charge in [0.15, 0.2) is 0 Å². The van der Waals surface area contributed by atoms with Crippen LogP contribution in [0.15, 0.2) is 60.7 Å². The molecular formula is C39H57N7O9. The Hall–Kier alpha value is -5.51. The first-order valence-electron chi connectivity index (χ1n) is 18.4. The highest BCUT2D eigenvalue weighted by molar-refractivity contribution is 5.93. The van der Waals surface area contributed by atoms with Gasteiger partial charge in [-0.2, -0.15) is 0 Å². The topological polar surface area (TPSA) is 221 Å². The van der Waals surface area contributed by atoms with E-state index in [2.05, 4.69) is 35.0 Å². The molecule has 2 fully saturated rings. The number of benzene rings is 2. The number of likely N-dealkylation sites (tertiary alicyclic amines) is 2. The molecule has 0 spiro atoms. The van der Waals surface area contributed by atoms with E-state index in [1.54, 1.807) is 24.3 Å². The van der Waals surface area contributed by atoms with Crippen LogP contribution in [0.1, 0.15) is 58.4 Å². The van der Waals surface area contributed by atoms with Gasteiger partial charge in [-0.3, -0.25) is 24.0 Å². The lowest BCUT2D eigenvalue weighted by Crippen LogP contribution is -2.54. The molecule has 0 aliphatic carbocycles. The molecule has 0 radical (unpaired) electrons. The van der Waals surface area contributed by atoms with Crippen molar-refractivity contribution in [2.75, 3.05) is 45.2 Å². The smallest absolute Gasteiger partial charge is 0.328 e. The molecule has 2 aromatic rings. The number of hydrogen-bond acceptors (Lipinski definition) is 9. The Labute approximate surface area is 323 Å². The summed E-state index contributed by atoms with van der Waals surface area (Å²) in [6.07, 6.45) is 2.31. The van der Waals surface area contributed by atoms with E-state index in [9.17, 15) is 38.7 Å². The predicted molar refractivity (Wildman–Crippen MR) is 206 cm³/mol. The zero-order chi connectivity index (χ0) is 40.9. The molecule has 2 aromatic carbocycles. The Kier molecular flexibility index (Phi) is 19.9. The van der Waals surface area contributed by atoms with Gasteiger partial charge in [0.05, 0.1) is 13.0 Å². The van der Waals surface area contributed by atoms with Crippen LogP contribution in [0.5, 0.6) is 0 Å². The van der Waals surface area contributed by atoms with Crippen LogP contribution in [0.3, 0.4) is 0 Å². The molecule has 0 bridgehead atoms. The predicted octanol–water partition coefficient (Wildman–Crippen LogP) is 1.80. The highest BCUT2D eigenvalue weighted by Gasteiger charge is 2.39. The Morgan fingerprint density at radius 3 is 2.20 bits per heavy atom. The number of anilines is 1. The molecule has 0 aromatic heterocycles. The number of carbonyl (C=O) groups excluding carboxylic acids is 7. The van der Waals surface area contributed by atoms with Crippen molar-refractivity contribution in [2.24, 2.45) is 11.7 Å². The minimum absolute atomic E-state index is 0.0729. The molecular weight excluding hydrogens is 710 g/mol. The average Bonchev–Trinajstić information content (AvgIpc) is 3.80. The number of amides is 7. The quantitative estimate of drug-likeness (QED) is 0.140. The van der Waals surface area contributed by atoms with Crippen molar-refractivity contribution in [2.45, 2.75) is 84.0 Å². The number of aliphatic hydroxyl groups excluding tert-OH is 1. The standard InChI is InChI=1S/C23H38N4O7.C9H11N3O2.C7H8/c1-15(2)24-21(31)17(7-10-28)25(4)22(32)18-6-5-9-27(18)20(30)8-11-34-23(33)19-12-16(3)13-26(19)14-29;10-8(13)6-11-9(14)12-7-4-2-1-3-5-7;1-7-5-3-2-4-6-7/h14-19,28H,5-13H2,1-4H3,(H,24,31);1-5H,6H2,(H2,10,13)(H2,11,12,14);2-6H,1H3/t16-,17?,18?,19?;;/m1../s1. The second-order valence-electron chi connectivity index (χ2n) is 13.8. The number of para-hydroxylation sites is 1. The Bertz CT molecular complexity index is 1540. The van der Waals surface area contributed by atoms with Gasteiger partial charge in [-0.1, -0.05) is 61.0 Å². The number of carbonyl (C=O) groups is 7. The highest BCUT2D eigenvalue weighted by atomic mass is 16.5. The molecule has 16 nitrogen and oxygen atoms in total. The van der Waals surface area contributed by atoms with Crippen molar-refractivity contribution in [1.29, 1.82) is 0 Å². The molecule has 2 saturated heterocycles. The van der Waals surface area contributed by atoms with Crippen molar-refractivity contribution in [3.63, 3.8) is 0 Å². The van der Waals surface area contributed by atoms with Gasteiger partial charge in [-0.25, -0.2) is 9.59 Å². The molecule has 4 atom stereocenters. The minimum Gasteiger partial charge on any atom is -0.464 e. The fourth-order valence-corrected chi connectivity index (χ4v) is 6.02. The van der Waals surface area contributed by atoms with Crippen LogP contribution < -0.4 is 21.7 Å². The van der Waals surface area contributed by atoms with Crippen molar-refractivity contribution in [1.82, 2.24) is 25.3 Å². The summed E-state index contributed by atoms with van der Waals surface area (Å²) in [5.41, 5.74) is 6.84. The maximum atomic E-state index is 13.2. The molecule has 6 N–H and O–H groups in total. The van der Waals surface area contributed by atoms with Crippen LogP contribution in [0, 0.1) is 12.8 Å². The van der Waals surface area contributed by atoms with E-state index in [-0.39, 0.29) is 62.3 Å². The molecule has 2 heterocycles. The summed E-state index contributed by atoms with van der Waals surface area (Å²) in [6, 6.07) is 16.4. The number of nitrogens with two attached hydrogens (primary N) is 1. The van der Waals surface area contributed by atoms with Crippen molar-refractivity contribution in [3.05, 3.63) is 66.2 Å². The lowest BCUT2D eigenvalue weighted by molar-refractivity contribution is -0.153. The van der Waals surface area contributed by atoms with Crippen LogP contribution in [0.2, 0.25) is 0 Å². The van der Waals surface area contributed by atoms with E-state index in [0.29, 0.717) is 44.4 Å². The van der Waals surface area contributed by atoms with Gasteiger partial charge in [-0.15, -0.1) is 0 Å². The van der Waals surface area contributed by atoms with Gasteiger partial charge >= 0.3 is 12.0 Å². The van der Waals surface area contributed by atoms with Crippen LogP contribution >= 0.6 is 0 Å². The summed E-state index contributed by atoms with van der Waals surface area (Å²) >= 11 is 0. The van der Waals surface area contributed by atoms with E-state index in [1.165, 1.54) is 27.3 Å². The van der Waals surface area contributed by atoms with E-state index >= 15 is 0 Å². The fourth-order valence-electron chi connectivity index (χ4n) is 6.02. The van der Waals surface area contributed by atoms with E-state index in [0.717, 1.165) is 0 Å². The lowest BCUT2D eigenvalue weighted by atomic mass is 10.1. The van der Waals surface area contributed by atoms with Crippen LogP contribution in [-0.4, -0.2) is 126 Å². The zero-order valence-corrected chi connectivity index (χ0v) is 32.4. The summed E-state index contributed by atoms with van der Waals surface area (Å²) in [7, 11) is 1.51. The molecule has 4 rings (SSSR count). The first-order valence-corrected chi connectivity index (χ1v) is 18.4. The molecule has 7 amide bonds.